The molecule has 0 amide bonds. The van der Waals surface area contributed by atoms with E-state index in [1.54, 1.807) is 11.8 Å². The summed E-state index contributed by atoms with van der Waals surface area (Å²) in [5.74, 6) is 1.08. The first-order valence-electron chi connectivity index (χ1n) is 1.97. The number of nitrogens with one attached hydrogen (secondary N) is 1. The van der Waals surface area contributed by atoms with E-state index in [1.807, 2.05) is 0 Å². The minimum atomic E-state index is 1.05. The molecule has 34 valence electrons. The van der Waals surface area contributed by atoms with Crippen molar-refractivity contribution in [1.82, 2.24) is 5.32 Å². The maximum Gasteiger partial charge on any atom is 0.0462 e. The fraction of sp³-hybridized carbons (Fsp3) is 0.500. The van der Waals surface area contributed by atoms with Crippen molar-refractivity contribution in [3.8, 4) is 0 Å². The van der Waals surface area contributed by atoms with Crippen LogP contribution in [0.15, 0.2) is 11.5 Å². The van der Waals surface area contributed by atoms with Gasteiger partial charge in [0.25, 0.3) is 0 Å². The largest absolute Gasteiger partial charge is 0.304 e. The molecule has 0 saturated heterocycles. The van der Waals surface area contributed by atoms with Crippen LogP contribution in [0.5, 0.6) is 0 Å². The van der Waals surface area contributed by atoms with E-state index in [-0.39, 0.29) is 0 Å². The third-order valence-corrected chi connectivity index (χ3v) is 1.40. The Hall–Kier alpha value is 0.0500. The van der Waals surface area contributed by atoms with Crippen molar-refractivity contribution < 1.29 is 0 Å². The van der Waals surface area contributed by atoms with Crippen LogP contribution in [0.2, 0.25) is 0 Å². The highest BCUT2D eigenvalue weighted by Gasteiger charge is 1.84. The molecule has 6 heavy (non-hydrogen) atoms. The van der Waals surface area contributed by atoms with Gasteiger partial charge in [-0.25, -0.2) is 0 Å². The Balaban J connectivity index is 2.26. The first-order valence-corrected chi connectivity index (χ1v) is 3.02. The van der Waals surface area contributed by atoms with Gasteiger partial charge in [-0.15, -0.1) is 11.8 Å². The molecule has 0 aromatic carbocycles. The Bertz CT molecular complexity index is 52.6. The number of hydrogen-bond donors (Lipinski definition) is 1. The van der Waals surface area contributed by atoms with Crippen molar-refractivity contribution in [3.63, 3.8) is 0 Å². The molecule has 1 heterocycles. The summed E-state index contributed by atoms with van der Waals surface area (Å²) in [5, 5.41) is 5.28. The SMILES string of the molecule is C1=CSCNC1. The van der Waals surface area contributed by atoms with Gasteiger partial charge in [-0.2, -0.15) is 0 Å². The normalized spacial score (nSPS) is 21.3. The average Bonchev–Trinajstić information content (AvgIpc) is 1.72. The Morgan fingerprint density at radius 3 is 2.83 bits per heavy atom. The summed E-state index contributed by atoms with van der Waals surface area (Å²) < 4.78 is 0. The van der Waals surface area contributed by atoms with E-state index >= 15 is 0 Å². The van der Waals surface area contributed by atoms with Crippen LogP contribution >= 0.6 is 11.8 Å². The quantitative estimate of drug-likeness (QED) is 0.484. The smallest absolute Gasteiger partial charge is 0.0462 e. The molecule has 0 fully saturated rings. The van der Waals surface area contributed by atoms with E-state index < -0.39 is 0 Å². The second-order valence-electron chi connectivity index (χ2n) is 1.14. The molecule has 0 aromatic heterocycles. The predicted octanol–water partition coefficient (Wildman–Crippen LogP) is 0.794. The fourth-order valence-electron chi connectivity index (χ4n) is 0.365. The lowest BCUT2D eigenvalue weighted by molar-refractivity contribution is 0.887. The molecule has 1 N–H and O–H groups in total. The molecular weight excluding hydrogens is 94.1 g/mol. The maximum atomic E-state index is 3.16. The molecule has 0 spiro atoms. The molecular formula is C4H7NS. The van der Waals surface area contributed by atoms with Gasteiger partial charge < -0.3 is 5.32 Å². The van der Waals surface area contributed by atoms with Crippen LogP contribution in [-0.4, -0.2) is 12.4 Å². The van der Waals surface area contributed by atoms with Crippen LogP contribution in [0.4, 0.5) is 0 Å². The summed E-state index contributed by atoms with van der Waals surface area (Å²) in [6, 6.07) is 0. The second-order valence-corrected chi connectivity index (χ2v) is 2.03. The van der Waals surface area contributed by atoms with Gasteiger partial charge in [-0.05, 0) is 5.41 Å². The van der Waals surface area contributed by atoms with E-state index in [1.165, 1.54) is 0 Å². The van der Waals surface area contributed by atoms with Crippen molar-refractivity contribution in [2.24, 2.45) is 0 Å². The summed E-state index contributed by atoms with van der Waals surface area (Å²) >= 11 is 1.80. The molecule has 2 heteroatoms. The Morgan fingerprint density at radius 1 is 1.67 bits per heavy atom. The van der Waals surface area contributed by atoms with Gasteiger partial charge in [-0.3, -0.25) is 0 Å². The predicted molar refractivity (Wildman–Crippen MR) is 29.6 cm³/mol. The van der Waals surface area contributed by atoms with Crippen LogP contribution < -0.4 is 5.32 Å². The maximum absolute atomic E-state index is 3.16. The van der Waals surface area contributed by atoms with E-state index in [0.717, 1.165) is 12.4 Å². The standard InChI is InChI=1S/C4H7NS/c1-2-5-4-6-3-1/h1,3,5H,2,4H2. The van der Waals surface area contributed by atoms with E-state index in [2.05, 4.69) is 16.8 Å². The number of hydrogen-bond acceptors (Lipinski definition) is 2. The highest BCUT2D eigenvalue weighted by atomic mass is 32.2. The topological polar surface area (TPSA) is 12.0 Å². The first kappa shape index (κ1) is 4.22. The number of rotatable bonds is 0. The molecule has 0 atom stereocenters. The molecule has 0 saturated carbocycles. The summed E-state index contributed by atoms with van der Waals surface area (Å²) in [6.07, 6.45) is 2.12. The zero-order valence-electron chi connectivity index (χ0n) is 3.48. The third kappa shape index (κ3) is 1.03. The van der Waals surface area contributed by atoms with Crippen molar-refractivity contribution in [2.75, 3.05) is 12.4 Å². The molecule has 1 aliphatic rings. The van der Waals surface area contributed by atoms with Gasteiger partial charge >= 0.3 is 0 Å². The first-order chi connectivity index (χ1) is 3.00. The van der Waals surface area contributed by atoms with E-state index in [9.17, 15) is 0 Å². The highest BCUT2D eigenvalue weighted by molar-refractivity contribution is 8.02. The zero-order valence-corrected chi connectivity index (χ0v) is 4.29. The third-order valence-electron chi connectivity index (χ3n) is 0.640. The van der Waals surface area contributed by atoms with Crippen LogP contribution in [0, 0.1) is 0 Å². The molecule has 0 bridgehead atoms. The van der Waals surface area contributed by atoms with Crippen LogP contribution in [0.3, 0.4) is 0 Å². The summed E-state index contributed by atoms with van der Waals surface area (Å²) in [4.78, 5) is 0. The van der Waals surface area contributed by atoms with Gasteiger partial charge in [0.1, 0.15) is 0 Å². The van der Waals surface area contributed by atoms with Crippen LogP contribution in [-0.2, 0) is 0 Å². The molecule has 0 aromatic rings. The molecule has 0 unspecified atom stereocenters. The van der Waals surface area contributed by atoms with Gasteiger partial charge in [0.2, 0.25) is 0 Å². The Labute approximate surface area is 41.8 Å². The van der Waals surface area contributed by atoms with E-state index in [0.29, 0.717) is 0 Å². The van der Waals surface area contributed by atoms with Crippen LogP contribution in [0.1, 0.15) is 0 Å². The molecule has 1 rings (SSSR count). The Morgan fingerprint density at radius 2 is 2.67 bits per heavy atom. The fourth-order valence-corrected chi connectivity index (χ4v) is 0.930. The van der Waals surface area contributed by atoms with Gasteiger partial charge in [0.05, 0.1) is 0 Å². The average molecular weight is 101 g/mol. The molecule has 0 radical (unpaired) electrons. The highest BCUT2D eigenvalue weighted by Crippen LogP contribution is 2.00. The molecule has 0 aliphatic carbocycles. The summed E-state index contributed by atoms with van der Waals surface area (Å²) in [5.41, 5.74) is 0. The van der Waals surface area contributed by atoms with Gasteiger partial charge in [0, 0.05) is 12.4 Å². The number of thioether (sulfide) groups is 1. The van der Waals surface area contributed by atoms with Gasteiger partial charge in [0.15, 0.2) is 0 Å². The summed E-state index contributed by atoms with van der Waals surface area (Å²) in [6.45, 7) is 1.05. The lowest BCUT2D eigenvalue weighted by atomic mass is 10.6. The summed E-state index contributed by atoms with van der Waals surface area (Å²) in [7, 11) is 0. The van der Waals surface area contributed by atoms with Crippen LogP contribution in [0.25, 0.3) is 0 Å². The Kier molecular flexibility index (Phi) is 1.59. The van der Waals surface area contributed by atoms with Crippen molar-refractivity contribution in [3.05, 3.63) is 11.5 Å². The zero-order chi connectivity index (χ0) is 4.24. The van der Waals surface area contributed by atoms with Crippen molar-refractivity contribution in [2.45, 2.75) is 0 Å². The minimum Gasteiger partial charge on any atom is -0.304 e. The lowest BCUT2D eigenvalue weighted by Crippen LogP contribution is -2.13. The molecule has 1 nitrogen and oxygen atoms in total. The van der Waals surface area contributed by atoms with Crippen molar-refractivity contribution >= 4 is 11.8 Å². The monoisotopic (exact) mass is 101 g/mol. The second kappa shape index (κ2) is 2.26. The van der Waals surface area contributed by atoms with Gasteiger partial charge in [-0.1, -0.05) is 6.08 Å². The minimum absolute atomic E-state index is 1.05. The lowest BCUT2D eigenvalue weighted by Gasteiger charge is -2.00. The van der Waals surface area contributed by atoms with Crippen molar-refractivity contribution in [1.29, 1.82) is 0 Å². The molecule has 1 aliphatic heterocycles. The van der Waals surface area contributed by atoms with E-state index in [4.69, 9.17) is 0 Å².